The number of rotatable bonds is 7. The van der Waals surface area contributed by atoms with Crippen molar-refractivity contribution in [3.63, 3.8) is 0 Å². The molecule has 38 heavy (non-hydrogen) atoms. The fourth-order valence-corrected chi connectivity index (χ4v) is 5.82. The number of amidine groups is 1. The van der Waals surface area contributed by atoms with Gasteiger partial charge in [0.2, 0.25) is 0 Å². The summed E-state index contributed by atoms with van der Waals surface area (Å²) in [5, 5.41) is 0.603. The molecule has 2 fully saturated rings. The molecule has 1 aliphatic carbocycles. The lowest BCUT2D eigenvalue weighted by atomic mass is 9.84. The summed E-state index contributed by atoms with van der Waals surface area (Å²) < 4.78 is 6.01. The molecule has 6 heteroatoms. The number of benzene rings is 3. The van der Waals surface area contributed by atoms with E-state index in [1.165, 1.54) is 56.4 Å². The van der Waals surface area contributed by atoms with Crippen molar-refractivity contribution < 1.29 is 14.3 Å². The highest BCUT2D eigenvalue weighted by Crippen LogP contribution is 2.34. The van der Waals surface area contributed by atoms with Crippen molar-refractivity contribution in [1.29, 1.82) is 0 Å². The first-order valence-corrected chi connectivity index (χ1v) is 14.0. The van der Waals surface area contributed by atoms with Gasteiger partial charge in [0.05, 0.1) is 10.6 Å². The lowest BCUT2D eigenvalue weighted by molar-refractivity contribution is -0.121. The van der Waals surface area contributed by atoms with Crippen molar-refractivity contribution in [3.8, 4) is 5.75 Å². The van der Waals surface area contributed by atoms with Gasteiger partial charge in [0.25, 0.3) is 5.91 Å². The van der Waals surface area contributed by atoms with Gasteiger partial charge in [-0.1, -0.05) is 55.7 Å². The summed E-state index contributed by atoms with van der Waals surface area (Å²) in [6.45, 7) is 2.06. The Balaban J connectivity index is 1.19. The first-order valence-electron chi connectivity index (χ1n) is 13.2. The molecule has 5 nitrogen and oxygen atoms in total. The molecule has 2 aliphatic rings. The SMILES string of the molecule is CC(=O)c1ccc(/N=C2/S/C(=C\c3ccc(OCc4ccc(C5CCCCC5)cc4)cc3)C(=O)N2C)cc1. The highest BCUT2D eigenvalue weighted by Gasteiger charge is 2.30. The number of likely N-dealkylation sites (N-methyl/N-ethyl adjacent to an activating group) is 1. The van der Waals surface area contributed by atoms with Gasteiger partial charge in [-0.25, -0.2) is 4.99 Å². The molecule has 0 bridgehead atoms. The molecular weight excluding hydrogens is 492 g/mol. The molecule has 1 saturated carbocycles. The summed E-state index contributed by atoms with van der Waals surface area (Å²) in [4.78, 5) is 31.0. The summed E-state index contributed by atoms with van der Waals surface area (Å²) in [6.07, 6.45) is 8.55. The molecule has 1 amide bonds. The highest BCUT2D eigenvalue weighted by atomic mass is 32.2. The summed E-state index contributed by atoms with van der Waals surface area (Å²) in [7, 11) is 1.72. The molecule has 0 radical (unpaired) electrons. The topological polar surface area (TPSA) is 59.0 Å². The van der Waals surface area contributed by atoms with Crippen LogP contribution in [-0.4, -0.2) is 28.8 Å². The van der Waals surface area contributed by atoms with Crippen LogP contribution in [0.4, 0.5) is 5.69 Å². The van der Waals surface area contributed by atoms with Crippen molar-refractivity contribution in [2.45, 2.75) is 51.6 Å². The number of hydrogen-bond donors (Lipinski definition) is 0. The van der Waals surface area contributed by atoms with Gasteiger partial charge in [0.15, 0.2) is 11.0 Å². The van der Waals surface area contributed by atoms with Crippen molar-refractivity contribution in [1.82, 2.24) is 4.90 Å². The van der Waals surface area contributed by atoms with Crippen molar-refractivity contribution in [3.05, 3.63) is 100.0 Å². The van der Waals surface area contributed by atoms with Crippen molar-refractivity contribution in [2.24, 2.45) is 4.99 Å². The van der Waals surface area contributed by atoms with Crippen LogP contribution in [0.5, 0.6) is 5.75 Å². The fourth-order valence-electron chi connectivity index (χ4n) is 4.83. The first kappa shape index (κ1) is 26.0. The molecule has 0 spiro atoms. The van der Waals surface area contributed by atoms with Crippen LogP contribution in [0.3, 0.4) is 0 Å². The zero-order valence-corrected chi connectivity index (χ0v) is 22.7. The smallest absolute Gasteiger partial charge is 0.266 e. The van der Waals surface area contributed by atoms with Gasteiger partial charge in [-0.05, 0) is 96.6 Å². The molecule has 0 N–H and O–H groups in total. The van der Waals surface area contributed by atoms with Crippen LogP contribution in [0.2, 0.25) is 0 Å². The maximum absolute atomic E-state index is 12.8. The van der Waals surface area contributed by atoms with Gasteiger partial charge >= 0.3 is 0 Å². The molecule has 1 aliphatic heterocycles. The van der Waals surface area contributed by atoms with Crippen LogP contribution in [0.15, 0.2) is 82.7 Å². The Morgan fingerprint density at radius 2 is 1.66 bits per heavy atom. The Morgan fingerprint density at radius 1 is 0.974 bits per heavy atom. The minimum absolute atomic E-state index is 0.0110. The molecule has 0 aromatic heterocycles. The van der Waals surface area contributed by atoms with E-state index in [9.17, 15) is 9.59 Å². The number of ketones is 1. The quantitative estimate of drug-likeness (QED) is 0.234. The van der Waals surface area contributed by atoms with Gasteiger partial charge in [-0.2, -0.15) is 0 Å². The second-order valence-corrected chi connectivity index (χ2v) is 10.9. The predicted molar refractivity (Wildman–Crippen MR) is 155 cm³/mol. The standard InChI is InChI=1S/C32H32N2O3S/c1-22(35)25-14-16-28(17-15-25)33-32-34(2)31(36)30(38-32)20-23-10-18-29(19-11-23)37-21-24-8-12-27(13-9-24)26-6-4-3-5-7-26/h8-20,26H,3-7,21H2,1-2H3/b30-20-,33-32+. The lowest BCUT2D eigenvalue weighted by Gasteiger charge is -2.22. The Morgan fingerprint density at radius 3 is 2.32 bits per heavy atom. The van der Waals surface area contributed by atoms with Gasteiger partial charge < -0.3 is 4.74 Å². The zero-order valence-electron chi connectivity index (χ0n) is 21.9. The molecule has 3 aromatic rings. The molecule has 194 valence electrons. The van der Waals surface area contributed by atoms with E-state index in [0.29, 0.717) is 33.8 Å². The van der Waals surface area contributed by atoms with E-state index in [1.54, 1.807) is 36.2 Å². The second-order valence-electron chi connectivity index (χ2n) is 9.91. The summed E-state index contributed by atoms with van der Waals surface area (Å²) in [6, 6.07) is 23.7. The van der Waals surface area contributed by atoms with E-state index in [4.69, 9.17) is 4.74 Å². The summed E-state index contributed by atoms with van der Waals surface area (Å²) in [5.74, 6) is 1.43. The maximum Gasteiger partial charge on any atom is 0.266 e. The van der Waals surface area contributed by atoms with Crippen LogP contribution in [-0.2, 0) is 11.4 Å². The van der Waals surface area contributed by atoms with E-state index >= 15 is 0 Å². The maximum atomic E-state index is 12.8. The van der Waals surface area contributed by atoms with Crippen LogP contribution in [0.1, 0.15) is 72.0 Å². The number of carbonyl (C=O) groups is 2. The monoisotopic (exact) mass is 524 g/mol. The number of thioether (sulfide) groups is 1. The largest absolute Gasteiger partial charge is 0.489 e. The van der Waals surface area contributed by atoms with Gasteiger partial charge in [-0.15, -0.1) is 0 Å². The highest BCUT2D eigenvalue weighted by molar-refractivity contribution is 8.18. The zero-order chi connectivity index (χ0) is 26.5. The van der Waals surface area contributed by atoms with E-state index in [2.05, 4.69) is 29.3 Å². The molecular formula is C32H32N2O3S. The van der Waals surface area contributed by atoms with E-state index in [-0.39, 0.29) is 11.7 Å². The number of nitrogens with zero attached hydrogens (tertiary/aromatic N) is 2. The third-order valence-electron chi connectivity index (χ3n) is 7.14. The molecule has 5 rings (SSSR count). The third-order valence-corrected chi connectivity index (χ3v) is 8.20. The fraction of sp³-hybridized carbons (Fsp3) is 0.281. The molecule has 0 unspecified atom stereocenters. The molecule has 3 aromatic carbocycles. The van der Waals surface area contributed by atoms with Crippen LogP contribution >= 0.6 is 11.8 Å². The lowest BCUT2D eigenvalue weighted by Crippen LogP contribution is -2.23. The van der Waals surface area contributed by atoms with Crippen molar-refractivity contribution in [2.75, 3.05) is 7.05 Å². The Labute approximate surface area is 228 Å². The van der Waals surface area contributed by atoms with Gasteiger partial charge in [-0.3, -0.25) is 14.5 Å². The van der Waals surface area contributed by atoms with E-state index in [0.717, 1.165) is 16.9 Å². The minimum atomic E-state index is -0.0916. The molecule has 1 saturated heterocycles. The van der Waals surface area contributed by atoms with E-state index < -0.39 is 0 Å². The predicted octanol–water partition coefficient (Wildman–Crippen LogP) is 7.75. The second kappa shape index (κ2) is 11.8. The number of amides is 1. The summed E-state index contributed by atoms with van der Waals surface area (Å²) in [5.41, 5.74) is 4.87. The first-order chi connectivity index (χ1) is 18.5. The van der Waals surface area contributed by atoms with Crippen LogP contribution in [0, 0.1) is 0 Å². The number of ether oxygens (including phenoxy) is 1. The third kappa shape index (κ3) is 6.25. The van der Waals surface area contributed by atoms with Crippen LogP contribution in [0.25, 0.3) is 6.08 Å². The molecule has 0 atom stereocenters. The van der Waals surface area contributed by atoms with Gasteiger partial charge in [0.1, 0.15) is 12.4 Å². The number of carbonyl (C=O) groups excluding carboxylic acids is 2. The Hall–Kier alpha value is -3.64. The van der Waals surface area contributed by atoms with Gasteiger partial charge in [0, 0.05) is 12.6 Å². The normalized spacial score (nSPS) is 18.4. The van der Waals surface area contributed by atoms with E-state index in [1.807, 2.05) is 30.3 Å². The number of Topliss-reactive ketones (excluding diaryl/α,β-unsaturated/α-hetero) is 1. The number of hydrogen-bond acceptors (Lipinski definition) is 5. The Kier molecular flexibility index (Phi) is 8.08. The summed E-state index contributed by atoms with van der Waals surface area (Å²) >= 11 is 1.34. The van der Waals surface area contributed by atoms with Crippen molar-refractivity contribution >= 4 is 40.4 Å². The molecule has 1 heterocycles. The van der Waals surface area contributed by atoms with Crippen LogP contribution < -0.4 is 4.74 Å². The minimum Gasteiger partial charge on any atom is -0.489 e. The Bertz CT molecular complexity index is 1350. The number of aliphatic imine (C=N–C) groups is 1. The average Bonchev–Trinajstić information content (AvgIpc) is 3.21. The average molecular weight is 525 g/mol.